The van der Waals surface area contributed by atoms with Crippen LogP contribution in [0.4, 0.5) is 10.1 Å². The van der Waals surface area contributed by atoms with Crippen LogP contribution in [0.5, 0.6) is 5.75 Å². The molecule has 0 spiro atoms. The van der Waals surface area contributed by atoms with Gasteiger partial charge in [-0.2, -0.15) is 5.10 Å². The monoisotopic (exact) mass is 373 g/mol. The molecule has 1 amide bonds. The lowest BCUT2D eigenvalue weighted by molar-refractivity contribution is 0.102. The van der Waals surface area contributed by atoms with Gasteiger partial charge in [-0.1, -0.05) is 11.6 Å². The van der Waals surface area contributed by atoms with Crippen LogP contribution in [-0.4, -0.2) is 22.8 Å². The summed E-state index contributed by atoms with van der Waals surface area (Å²) in [5.41, 5.74) is 3.03. The van der Waals surface area contributed by atoms with E-state index in [1.807, 2.05) is 6.92 Å². The molecule has 0 bridgehead atoms. The first-order valence-corrected chi connectivity index (χ1v) is 8.22. The molecule has 0 radical (unpaired) electrons. The van der Waals surface area contributed by atoms with E-state index in [0.29, 0.717) is 22.2 Å². The molecule has 0 atom stereocenters. The zero-order chi connectivity index (χ0) is 18.8. The van der Waals surface area contributed by atoms with Gasteiger partial charge in [-0.3, -0.25) is 9.48 Å². The Labute approximate surface area is 155 Å². The van der Waals surface area contributed by atoms with Gasteiger partial charge >= 0.3 is 0 Å². The highest BCUT2D eigenvalue weighted by atomic mass is 35.5. The highest BCUT2D eigenvalue weighted by molar-refractivity contribution is 6.31. The Kier molecular flexibility index (Phi) is 4.95. The molecule has 134 valence electrons. The van der Waals surface area contributed by atoms with Gasteiger partial charge in [-0.25, -0.2) is 4.39 Å². The molecule has 5 nitrogen and oxygen atoms in total. The molecule has 1 heterocycles. The Morgan fingerprint density at radius 1 is 1.23 bits per heavy atom. The van der Waals surface area contributed by atoms with E-state index in [2.05, 4.69) is 10.4 Å². The second-order valence-electron chi connectivity index (χ2n) is 5.80. The normalized spacial score (nSPS) is 10.7. The van der Waals surface area contributed by atoms with Crippen molar-refractivity contribution in [3.8, 4) is 17.0 Å². The van der Waals surface area contributed by atoms with Crippen LogP contribution in [0.15, 0.2) is 42.5 Å². The number of aryl methyl sites for hydroxylation is 2. The number of carbonyl (C=O) groups excluding carboxylic acids is 1. The van der Waals surface area contributed by atoms with Crippen LogP contribution < -0.4 is 10.1 Å². The maximum atomic E-state index is 13.1. The van der Waals surface area contributed by atoms with Crippen molar-refractivity contribution < 1.29 is 13.9 Å². The number of nitrogens with one attached hydrogen (secondary N) is 1. The van der Waals surface area contributed by atoms with Gasteiger partial charge in [-0.05, 0) is 54.4 Å². The molecule has 1 N–H and O–H groups in total. The van der Waals surface area contributed by atoms with Crippen molar-refractivity contribution in [2.75, 3.05) is 12.4 Å². The highest BCUT2D eigenvalue weighted by Crippen LogP contribution is 2.31. The van der Waals surface area contributed by atoms with Crippen molar-refractivity contribution in [2.45, 2.75) is 6.92 Å². The molecular weight excluding hydrogens is 357 g/mol. The molecule has 0 saturated carbocycles. The van der Waals surface area contributed by atoms with E-state index >= 15 is 0 Å². The molecule has 3 aromatic rings. The number of amides is 1. The SMILES string of the molecule is COc1cc(Cl)c(C)cc1NC(=O)c1cc(-c2ccc(F)cc2)n(C)n1. The van der Waals surface area contributed by atoms with Gasteiger partial charge < -0.3 is 10.1 Å². The average Bonchev–Trinajstić information content (AvgIpc) is 3.00. The number of aromatic nitrogens is 2. The van der Waals surface area contributed by atoms with Crippen LogP contribution in [0.3, 0.4) is 0 Å². The maximum absolute atomic E-state index is 13.1. The molecule has 0 aliphatic heterocycles. The third kappa shape index (κ3) is 3.55. The molecule has 26 heavy (non-hydrogen) atoms. The molecule has 2 aromatic carbocycles. The van der Waals surface area contributed by atoms with Crippen molar-refractivity contribution in [3.05, 3.63) is 64.6 Å². The first kappa shape index (κ1) is 17.9. The van der Waals surface area contributed by atoms with Crippen LogP contribution in [0.25, 0.3) is 11.3 Å². The minimum absolute atomic E-state index is 0.237. The maximum Gasteiger partial charge on any atom is 0.276 e. The van der Waals surface area contributed by atoms with Crippen LogP contribution >= 0.6 is 11.6 Å². The lowest BCUT2D eigenvalue weighted by atomic mass is 10.1. The van der Waals surface area contributed by atoms with Crippen molar-refractivity contribution in [3.63, 3.8) is 0 Å². The first-order chi connectivity index (χ1) is 12.4. The Bertz CT molecular complexity index is 968. The fourth-order valence-corrected chi connectivity index (χ4v) is 2.74. The summed E-state index contributed by atoms with van der Waals surface area (Å²) in [7, 11) is 3.23. The largest absolute Gasteiger partial charge is 0.495 e. The predicted molar refractivity (Wildman–Crippen MR) is 99.3 cm³/mol. The number of hydrogen-bond donors (Lipinski definition) is 1. The Balaban J connectivity index is 1.89. The van der Waals surface area contributed by atoms with Gasteiger partial charge in [0.25, 0.3) is 5.91 Å². The molecule has 3 rings (SSSR count). The quantitative estimate of drug-likeness (QED) is 0.735. The summed E-state index contributed by atoms with van der Waals surface area (Å²) < 4.78 is 19.9. The molecular formula is C19H17ClFN3O2. The fraction of sp³-hybridized carbons (Fsp3) is 0.158. The first-order valence-electron chi connectivity index (χ1n) is 7.84. The molecule has 0 unspecified atom stereocenters. The van der Waals surface area contributed by atoms with Gasteiger partial charge in [0.05, 0.1) is 18.5 Å². The highest BCUT2D eigenvalue weighted by Gasteiger charge is 2.16. The topological polar surface area (TPSA) is 56.1 Å². The van der Waals surface area contributed by atoms with Crippen molar-refractivity contribution >= 4 is 23.2 Å². The van der Waals surface area contributed by atoms with E-state index in [0.717, 1.165) is 11.1 Å². The lowest BCUT2D eigenvalue weighted by Crippen LogP contribution is -2.14. The standard InChI is InChI=1S/C19H17ClFN3O2/c1-11-8-15(18(26-3)9-14(11)20)22-19(25)16-10-17(24(2)23-16)12-4-6-13(21)7-5-12/h4-10H,1-3H3,(H,22,25). The van der Waals surface area contributed by atoms with Crippen LogP contribution in [0.1, 0.15) is 16.1 Å². The molecule has 0 fully saturated rings. The smallest absolute Gasteiger partial charge is 0.276 e. The Hall–Kier alpha value is -2.86. The number of ether oxygens (including phenoxy) is 1. The lowest BCUT2D eigenvalue weighted by Gasteiger charge is -2.11. The van der Waals surface area contributed by atoms with Gasteiger partial charge in [0.2, 0.25) is 0 Å². The number of benzene rings is 2. The summed E-state index contributed by atoms with van der Waals surface area (Å²) in [6.07, 6.45) is 0. The number of rotatable bonds is 4. The molecule has 0 aliphatic rings. The van der Waals surface area contributed by atoms with Crippen LogP contribution in [-0.2, 0) is 7.05 Å². The average molecular weight is 374 g/mol. The van der Waals surface area contributed by atoms with E-state index in [4.69, 9.17) is 16.3 Å². The van der Waals surface area contributed by atoms with Crippen LogP contribution in [0.2, 0.25) is 5.02 Å². The summed E-state index contributed by atoms with van der Waals surface area (Å²) in [4.78, 5) is 12.6. The predicted octanol–water partition coefficient (Wildman–Crippen LogP) is 4.45. The summed E-state index contributed by atoms with van der Waals surface area (Å²) in [5.74, 6) is -0.239. The van der Waals surface area contributed by atoms with Gasteiger partial charge in [0.15, 0.2) is 5.69 Å². The Morgan fingerprint density at radius 2 is 1.92 bits per heavy atom. The zero-order valence-electron chi connectivity index (χ0n) is 14.5. The van der Waals surface area contributed by atoms with Crippen molar-refractivity contribution in [1.82, 2.24) is 9.78 Å². The van der Waals surface area contributed by atoms with E-state index in [-0.39, 0.29) is 17.4 Å². The third-order valence-corrected chi connectivity index (χ3v) is 4.39. The van der Waals surface area contributed by atoms with Crippen LogP contribution in [0, 0.1) is 12.7 Å². The number of nitrogens with zero attached hydrogens (tertiary/aromatic N) is 2. The van der Waals surface area contributed by atoms with Gasteiger partial charge in [0.1, 0.15) is 11.6 Å². The van der Waals surface area contributed by atoms with Crippen molar-refractivity contribution in [2.24, 2.45) is 7.05 Å². The molecule has 1 aromatic heterocycles. The number of anilines is 1. The minimum Gasteiger partial charge on any atom is -0.495 e. The zero-order valence-corrected chi connectivity index (χ0v) is 15.3. The summed E-state index contributed by atoms with van der Waals surface area (Å²) in [6.45, 7) is 1.84. The van der Waals surface area contributed by atoms with Gasteiger partial charge in [-0.15, -0.1) is 0 Å². The number of carbonyl (C=O) groups is 1. The van der Waals surface area contributed by atoms with E-state index < -0.39 is 0 Å². The van der Waals surface area contributed by atoms with E-state index in [1.54, 1.807) is 42.1 Å². The van der Waals surface area contributed by atoms with Gasteiger partial charge in [0, 0.05) is 18.1 Å². The number of methoxy groups -OCH3 is 1. The summed E-state index contributed by atoms with van der Waals surface area (Å²) in [6, 6.07) is 11.0. The fourth-order valence-electron chi connectivity index (χ4n) is 2.59. The summed E-state index contributed by atoms with van der Waals surface area (Å²) >= 11 is 6.09. The third-order valence-electron chi connectivity index (χ3n) is 3.98. The minimum atomic E-state index is -0.381. The molecule has 7 heteroatoms. The Morgan fingerprint density at radius 3 is 2.58 bits per heavy atom. The number of hydrogen-bond acceptors (Lipinski definition) is 3. The van der Waals surface area contributed by atoms with E-state index in [9.17, 15) is 9.18 Å². The molecule has 0 aliphatic carbocycles. The molecule has 0 saturated heterocycles. The summed E-state index contributed by atoms with van der Waals surface area (Å²) in [5, 5.41) is 7.59. The number of halogens is 2. The second kappa shape index (κ2) is 7.17. The van der Waals surface area contributed by atoms with E-state index in [1.165, 1.54) is 19.2 Å². The second-order valence-corrected chi connectivity index (χ2v) is 6.21. The van der Waals surface area contributed by atoms with Crippen molar-refractivity contribution in [1.29, 1.82) is 0 Å².